The second-order valence-electron chi connectivity index (χ2n) is 29.0. The van der Waals surface area contributed by atoms with Crippen LogP contribution in [0.25, 0.3) is 0 Å². The van der Waals surface area contributed by atoms with E-state index in [1.807, 2.05) is 84.9 Å². The Morgan fingerprint density at radius 1 is 0.505 bits per heavy atom. The zero-order valence-electron chi connectivity index (χ0n) is 61.7. The number of ether oxygens (including phenoxy) is 8. The third kappa shape index (κ3) is 22.4. The Labute approximate surface area is 644 Å². The highest BCUT2D eigenvalue weighted by atomic mass is 35.5. The lowest BCUT2D eigenvalue weighted by molar-refractivity contribution is -0.374. The van der Waals surface area contributed by atoms with Crippen LogP contribution in [0.4, 0.5) is 11.4 Å². The molecular weight excluding hydrogens is 1420 g/mol. The molecule has 8 unspecified atom stereocenters. The van der Waals surface area contributed by atoms with Gasteiger partial charge >= 0.3 is 5.97 Å². The summed E-state index contributed by atoms with van der Waals surface area (Å²) in [6.07, 6.45) is 14.2. The number of nitrogens with two attached hydrogens (primary N) is 2. The number of aliphatic carboxylic acids is 1. The molecule has 6 aliphatic rings. The highest BCUT2D eigenvalue weighted by molar-refractivity contribution is 6.04. The summed E-state index contributed by atoms with van der Waals surface area (Å²) in [5.41, 5.74) is 21.7. The molecular formula is C83H109ClN6O19. The number of primary amides is 2. The monoisotopic (exact) mass is 1530 g/mol. The molecule has 0 radical (unpaired) electrons. The number of quaternary nitrogens is 1. The number of phenolic OH excluding ortho intramolecular Hbond substituents is 2. The van der Waals surface area contributed by atoms with Gasteiger partial charge in [0, 0.05) is 13.0 Å². The number of amides is 5. The zero-order valence-corrected chi connectivity index (χ0v) is 62.4. The number of hydrogen-bond acceptors (Lipinski definition) is 18. The molecule has 0 saturated heterocycles. The first-order chi connectivity index (χ1) is 51.6. The van der Waals surface area contributed by atoms with Crippen LogP contribution in [0.5, 0.6) is 34.5 Å². The number of rotatable bonds is 33. The summed E-state index contributed by atoms with van der Waals surface area (Å²) < 4.78 is 45.0. The zero-order chi connectivity index (χ0) is 76.0. The Morgan fingerprint density at radius 2 is 0.936 bits per heavy atom. The number of aryl methyl sites for hydroxylation is 2. The second kappa shape index (κ2) is 41.1. The average molecular weight is 1530 g/mol. The van der Waals surface area contributed by atoms with E-state index in [0.717, 1.165) is 68.9 Å². The SMILES string of the molecule is C.CC12CCC3c4ccc(O)cc4CCC3C1CC[C@@H]2OCCC(=O)O.CC12CCC3c4ccc(O)cc4CCC3C1CC[C@H]2OCCC(=O)NCCOCCOCC(=O)Nc1ccc(OCc2ccccc2)c(C(N)=O)c1O.NC(=O)c1c(OCc2ccccc2)ccc(NC(=O)COCCOCC[NH3+])c1O.[Cl-]. The number of hydrogen-bond donors (Lipinski definition) is 11. The number of carbonyl (C=O) groups is 6. The van der Waals surface area contributed by atoms with E-state index in [-0.39, 0.29) is 148 Å². The number of carboxylic acid groups (broad SMARTS) is 1. The molecule has 109 heavy (non-hydrogen) atoms. The van der Waals surface area contributed by atoms with E-state index in [4.69, 9.17) is 54.5 Å². The van der Waals surface area contributed by atoms with Gasteiger partial charge < -0.3 is 109 Å². The standard InChI is InChI=1S/C41H51N3O9.C21H28O4.C20H25N3O6.CH4.ClH/c1-41-17-15-30-29-10-8-28(45)23-27(29)7-9-31(30)32(41)11-14-35(41)52-19-16-36(46)43-18-20-50-21-22-51-25-37(47)44-33-12-13-34(38(39(33)48)40(42)49)53-24-26-5-3-2-4-6-26;1-21-10-8-16-15-5-3-14(22)12-13(15)2-4-17(16)18(21)6-7-19(21)25-11-9-20(23)24;21-8-9-27-10-11-28-13-17(24)23-15-6-7-16(18(19(15)25)20(22)26)29-12-14-4-2-1-3-5-14;;/h2-6,8,10,12-13,23,30-32,35,45,48H,7,9,11,14-22,24-25H2,1H3,(H2,42,49)(H,43,46)(H,44,47);3,5,12,16-19,22H,2,4,6-11H2,1H3,(H,23,24);1-7,25H,8-13,21H2,(H2,22,26)(H,23,24);1H4;1H/t30?,31?,32?,35-,41?;16?,17?,18?,19-,21?;;;/m10.../s1. The van der Waals surface area contributed by atoms with Gasteiger partial charge in [0.15, 0.2) is 11.5 Å². The van der Waals surface area contributed by atoms with Gasteiger partial charge in [-0.3, -0.25) is 28.8 Å². The number of benzene rings is 6. The summed E-state index contributed by atoms with van der Waals surface area (Å²) in [5, 5.41) is 57.5. The van der Waals surface area contributed by atoms with Crippen LogP contribution in [0.15, 0.2) is 121 Å². The third-order valence-electron chi connectivity index (χ3n) is 22.4. The number of fused-ring (bicyclic) bond motifs is 10. The van der Waals surface area contributed by atoms with Gasteiger partial charge in [0.05, 0.1) is 89.4 Å². The maximum Gasteiger partial charge on any atom is 0.305 e. The Morgan fingerprint density at radius 3 is 1.37 bits per heavy atom. The topological polar surface area (TPSA) is 393 Å². The van der Waals surface area contributed by atoms with Gasteiger partial charge in [-0.25, -0.2) is 0 Å². The smallest absolute Gasteiger partial charge is 0.305 e. The number of aromatic hydroxyl groups is 4. The largest absolute Gasteiger partial charge is 1.00 e. The van der Waals surface area contributed by atoms with Crippen LogP contribution in [0.3, 0.4) is 0 Å². The van der Waals surface area contributed by atoms with Gasteiger partial charge in [-0.15, -0.1) is 0 Å². The van der Waals surface area contributed by atoms with E-state index in [1.54, 1.807) is 0 Å². The van der Waals surface area contributed by atoms with Gasteiger partial charge in [0.25, 0.3) is 11.8 Å². The van der Waals surface area contributed by atoms with Crippen molar-refractivity contribution in [2.24, 2.45) is 46.0 Å². The van der Waals surface area contributed by atoms with E-state index in [9.17, 15) is 49.2 Å². The molecule has 10 atom stereocenters. The predicted molar refractivity (Wildman–Crippen MR) is 405 cm³/mol. The summed E-state index contributed by atoms with van der Waals surface area (Å²) in [6, 6.07) is 36.2. The molecule has 6 aromatic rings. The molecule has 6 aliphatic carbocycles. The quantitative estimate of drug-likeness (QED) is 0.0143. The Hall–Kier alpha value is -9.05. The lowest BCUT2D eigenvalue weighted by atomic mass is 9.55. The number of carbonyl (C=O) groups excluding carboxylic acids is 5. The number of anilines is 2. The summed E-state index contributed by atoms with van der Waals surface area (Å²) in [6.45, 7) is 8.08. The highest BCUT2D eigenvalue weighted by Gasteiger charge is 2.57. The molecule has 5 amide bonds. The fraction of sp³-hybridized carbons (Fsp3) is 0.494. The lowest BCUT2D eigenvalue weighted by Crippen LogP contribution is -3.00. The minimum Gasteiger partial charge on any atom is -1.00 e. The van der Waals surface area contributed by atoms with Crippen LogP contribution >= 0.6 is 0 Å². The van der Waals surface area contributed by atoms with E-state index < -0.39 is 41.1 Å². The predicted octanol–water partition coefficient (Wildman–Crippen LogP) is 7.23. The van der Waals surface area contributed by atoms with Crippen LogP contribution in [-0.4, -0.2) is 152 Å². The minimum absolute atomic E-state index is 0. The van der Waals surface area contributed by atoms with Crippen molar-refractivity contribution in [3.63, 3.8) is 0 Å². The van der Waals surface area contributed by atoms with Crippen LogP contribution in [0, 0.1) is 34.5 Å². The number of halogens is 1. The van der Waals surface area contributed by atoms with Crippen molar-refractivity contribution in [3.05, 3.63) is 166 Å². The molecule has 0 aliphatic heterocycles. The van der Waals surface area contributed by atoms with E-state index in [0.29, 0.717) is 86.5 Å². The first-order valence-electron chi connectivity index (χ1n) is 37.4. The van der Waals surface area contributed by atoms with Crippen LogP contribution in [0.1, 0.15) is 164 Å². The molecule has 6 aromatic carbocycles. The van der Waals surface area contributed by atoms with Gasteiger partial charge in [-0.1, -0.05) is 94.1 Å². The van der Waals surface area contributed by atoms with Crippen molar-refractivity contribution in [1.29, 1.82) is 0 Å². The molecule has 0 spiro atoms. The highest BCUT2D eigenvalue weighted by Crippen LogP contribution is 2.63. The fourth-order valence-corrected chi connectivity index (χ4v) is 17.3. The first-order valence-corrected chi connectivity index (χ1v) is 37.4. The number of nitrogens with one attached hydrogen (secondary N) is 3. The van der Waals surface area contributed by atoms with Crippen molar-refractivity contribution in [2.45, 2.75) is 148 Å². The van der Waals surface area contributed by atoms with Crippen LogP contribution in [0.2, 0.25) is 0 Å². The first kappa shape index (κ1) is 85.6. The van der Waals surface area contributed by atoms with E-state index in [1.165, 1.54) is 65.8 Å². The summed E-state index contributed by atoms with van der Waals surface area (Å²) in [7, 11) is 0. The van der Waals surface area contributed by atoms with Crippen molar-refractivity contribution in [1.82, 2.24) is 5.32 Å². The maximum atomic E-state index is 12.5. The lowest BCUT2D eigenvalue weighted by Gasteiger charge is -2.50. The molecule has 25 nitrogen and oxygen atoms in total. The van der Waals surface area contributed by atoms with Crippen molar-refractivity contribution in [2.75, 3.05) is 89.8 Å². The minimum atomic E-state index is -0.899. The molecule has 592 valence electrons. The number of phenols is 4. The van der Waals surface area contributed by atoms with E-state index >= 15 is 0 Å². The van der Waals surface area contributed by atoms with E-state index in [2.05, 4.69) is 47.7 Å². The maximum absolute atomic E-state index is 12.5. The summed E-state index contributed by atoms with van der Waals surface area (Å²) in [4.78, 5) is 71.5. The molecule has 12 rings (SSSR count). The van der Waals surface area contributed by atoms with Gasteiger partial charge in [0.2, 0.25) is 17.7 Å². The van der Waals surface area contributed by atoms with Crippen molar-refractivity contribution < 1.29 is 110 Å². The molecule has 15 N–H and O–H groups in total. The summed E-state index contributed by atoms with van der Waals surface area (Å²) >= 11 is 0. The molecule has 26 heteroatoms. The van der Waals surface area contributed by atoms with Gasteiger partial charge in [-0.2, -0.15) is 0 Å². The Bertz CT molecular complexity index is 4000. The average Bonchev–Trinajstić information content (AvgIpc) is 1.65. The molecule has 0 aromatic heterocycles. The van der Waals surface area contributed by atoms with Gasteiger partial charge in [0.1, 0.15) is 60.6 Å². The third-order valence-corrected chi connectivity index (χ3v) is 22.4. The molecule has 4 saturated carbocycles. The van der Waals surface area contributed by atoms with Crippen molar-refractivity contribution in [3.8, 4) is 34.5 Å². The van der Waals surface area contributed by atoms with Gasteiger partial charge in [-0.05, 0) is 205 Å². The number of carboxylic acids is 1. The molecule has 0 heterocycles. The second-order valence-corrected chi connectivity index (χ2v) is 29.0. The van der Waals surface area contributed by atoms with Crippen molar-refractivity contribution >= 4 is 46.9 Å². The van der Waals surface area contributed by atoms with Crippen LogP contribution < -0.4 is 55.0 Å². The molecule has 4 fully saturated rings. The normalized spacial score (nSPS) is 22.3. The Kier molecular flexibility index (Phi) is 32.3. The van der Waals surface area contributed by atoms with Crippen LogP contribution in [-0.2, 0) is 73.7 Å². The fourth-order valence-electron chi connectivity index (χ4n) is 17.3. The summed E-state index contributed by atoms with van der Waals surface area (Å²) in [5.74, 6) is 0.121. The Balaban J connectivity index is 0.000000225. The molecule has 0 bridgehead atoms.